The fraction of sp³-hybridized carbons (Fsp3) is 0.857. The second kappa shape index (κ2) is 8.62. The summed E-state index contributed by atoms with van der Waals surface area (Å²) in [4.78, 5) is 10.5. The standard InChI is InChI=1S/C7H16N2O2S.ClH/c1-5(3-8)12-4-6(9-2)7(10)11;/h5-6,9H,3-4,8H2,1-2H3,(H,10,11);1H/t5-,6+;/m1./s1. The summed E-state index contributed by atoms with van der Waals surface area (Å²) in [5, 5.41) is 11.7. The first-order valence-corrected chi connectivity index (χ1v) is 4.88. The second-order valence-electron chi connectivity index (χ2n) is 2.56. The first-order valence-electron chi connectivity index (χ1n) is 3.83. The molecule has 6 heteroatoms. The third-order valence-corrected chi connectivity index (χ3v) is 2.81. The Kier molecular flexibility index (Phi) is 10.3. The molecule has 0 amide bonds. The maximum absolute atomic E-state index is 10.5. The topological polar surface area (TPSA) is 75.3 Å². The second-order valence-corrected chi connectivity index (χ2v) is 4.03. The van der Waals surface area contributed by atoms with E-state index in [1.807, 2.05) is 6.92 Å². The van der Waals surface area contributed by atoms with Crippen molar-refractivity contribution in [1.82, 2.24) is 5.32 Å². The molecule has 4 nitrogen and oxygen atoms in total. The highest BCUT2D eigenvalue weighted by Crippen LogP contribution is 2.10. The van der Waals surface area contributed by atoms with Crippen molar-refractivity contribution in [3.05, 3.63) is 0 Å². The van der Waals surface area contributed by atoms with Crippen LogP contribution in [-0.4, -0.2) is 41.7 Å². The van der Waals surface area contributed by atoms with Crippen LogP contribution >= 0.6 is 24.2 Å². The predicted octanol–water partition coefficient (Wildman–Crippen LogP) is 0.161. The summed E-state index contributed by atoms with van der Waals surface area (Å²) in [6.07, 6.45) is 0. The van der Waals surface area contributed by atoms with Gasteiger partial charge in [0.1, 0.15) is 6.04 Å². The third kappa shape index (κ3) is 7.13. The van der Waals surface area contributed by atoms with Crippen LogP contribution in [0, 0.1) is 0 Å². The average Bonchev–Trinajstić information content (AvgIpc) is 2.04. The fourth-order valence-electron chi connectivity index (χ4n) is 0.607. The Morgan fingerprint density at radius 1 is 1.69 bits per heavy atom. The van der Waals surface area contributed by atoms with Gasteiger partial charge >= 0.3 is 5.97 Å². The molecule has 0 aromatic carbocycles. The Balaban J connectivity index is 0. The van der Waals surface area contributed by atoms with Gasteiger partial charge in [0.2, 0.25) is 0 Å². The van der Waals surface area contributed by atoms with Crippen LogP contribution < -0.4 is 11.1 Å². The lowest BCUT2D eigenvalue weighted by atomic mass is 10.3. The van der Waals surface area contributed by atoms with Crippen LogP contribution in [0.25, 0.3) is 0 Å². The Bertz CT molecular complexity index is 148. The largest absolute Gasteiger partial charge is 0.480 e. The van der Waals surface area contributed by atoms with Gasteiger partial charge < -0.3 is 16.2 Å². The molecule has 0 fully saturated rings. The van der Waals surface area contributed by atoms with Crippen LogP contribution in [-0.2, 0) is 4.79 Å². The van der Waals surface area contributed by atoms with Crippen LogP contribution in [0.5, 0.6) is 0 Å². The average molecular weight is 229 g/mol. The molecular formula is C7H17ClN2O2S. The molecular weight excluding hydrogens is 212 g/mol. The zero-order valence-corrected chi connectivity index (χ0v) is 9.45. The maximum Gasteiger partial charge on any atom is 0.321 e. The van der Waals surface area contributed by atoms with Gasteiger partial charge in [0.25, 0.3) is 0 Å². The number of thioether (sulfide) groups is 1. The molecule has 0 rings (SSSR count). The summed E-state index contributed by atoms with van der Waals surface area (Å²) < 4.78 is 0. The number of hydrogen-bond acceptors (Lipinski definition) is 4. The lowest BCUT2D eigenvalue weighted by Gasteiger charge is -2.13. The Hall–Kier alpha value is 0.0300. The highest BCUT2D eigenvalue weighted by Gasteiger charge is 2.15. The van der Waals surface area contributed by atoms with Crippen molar-refractivity contribution in [3.63, 3.8) is 0 Å². The highest BCUT2D eigenvalue weighted by molar-refractivity contribution is 8.00. The number of nitrogens with one attached hydrogen (secondary N) is 1. The normalized spacial score (nSPS) is 14.4. The first kappa shape index (κ1) is 15.5. The zero-order chi connectivity index (χ0) is 9.56. The summed E-state index contributed by atoms with van der Waals surface area (Å²) in [5.74, 6) is -0.251. The highest BCUT2D eigenvalue weighted by atomic mass is 35.5. The molecule has 0 aromatic rings. The first-order chi connectivity index (χ1) is 5.61. The van der Waals surface area contributed by atoms with Crippen molar-refractivity contribution in [3.8, 4) is 0 Å². The number of aliphatic carboxylic acids is 1. The number of nitrogens with two attached hydrogens (primary N) is 1. The minimum atomic E-state index is -0.811. The third-order valence-electron chi connectivity index (χ3n) is 1.53. The van der Waals surface area contributed by atoms with Gasteiger partial charge in [-0.3, -0.25) is 4.79 Å². The smallest absolute Gasteiger partial charge is 0.321 e. The van der Waals surface area contributed by atoms with E-state index in [4.69, 9.17) is 10.8 Å². The molecule has 0 aromatic heterocycles. The molecule has 0 saturated carbocycles. The SMILES string of the molecule is CN[C@@H](CS[C@H](C)CN)C(=O)O.Cl. The number of likely N-dealkylation sites (N-methyl/N-ethyl adjacent to an activating group) is 1. The minimum absolute atomic E-state index is 0. The number of carboxylic acid groups (broad SMARTS) is 1. The van der Waals surface area contributed by atoms with E-state index in [-0.39, 0.29) is 12.4 Å². The molecule has 0 saturated heterocycles. The van der Waals surface area contributed by atoms with E-state index in [0.29, 0.717) is 17.5 Å². The van der Waals surface area contributed by atoms with Crippen molar-refractivity contribution in [2.24, 2.45) is 5.73 Å². The molecule has 0 aliphatic carbocycles. The number of halogens is 1. The summed E-state index contributed by atoms with van der Waals surface area (Å²) in [6, 6.07) is -0.469. The number of hydrogen-bond donors (Lipinski definition) is 3. The number of rotatable bonds is 6. The van der Waals surface area contributed by atoms with Gasteiger partial charge in [-0.15, -0.1) is 12.4 Å². The van der Waals surface area contributed by atoms with Crippen molar-refractivity contribution in [1.29, 1.82) is 0 Å². The minimum Gasteiger partial charge on any atom is -0.480 e. The molecule has 2 atom stereocenters. The van der Waals surface area contributed by atoms with Crippen LogP contribution in [0.4, 0.5) is 0 Å². The molecule has 0 bridgehead atoms. The van der Waals surface area contributed by atoms with Crippen LogP contribution in [0.15, 0.2) is 0 Å². The molecule has 0 aliphatic heterocycles. The molecule has 0 spiro atoms. The van der Waals surface area contributed by atoms with Crippen molar-refractivity contribution >= 4 is 30.1 Å². The lowest BCUT2D eigenvalue weighted by molar-refractivity contribution is -0.138. The lowest BCUT2D eigenvalue weighted by Crippen LogP contribution is -2.36. The van der Waals surface area contributed by atoms with Gasteiger partial charge in [-0.1, -0.05) is 6.92 Å². The fourth-order valence-corrected chi connectivity index (χ4v) is 1.57. The Morgan fingerprint density at radius 3 is 2.54 bits per heavy atom. The van der Waals surface area contributed by atoms with E-state index in [1.54, 1.807) is 18.8 Å². The van der Waals surface area contributed by atoms with E-state index in [0.717, 1.165) is 0 Å². The molecule has 0 radical (unpaired) electrons. The quantitative estimate of drug-likeness (QED) is 0.604. The van der Waals surface area contributed by atoms with Gasteiger partial charge in [-0.25, -0.2) is 0 Å². The van der Waals surface area contributed by atoms with Crippen molar-refractivity contribution < 1.29 is 9.90 Å². The zero-order valence-electron chi connectivity index (χ0n) is 7.82. The maximum atomic E-state index is 10.5. The van der Waals surface area contributed by atoms with Gasteiger partial charge in [-0.2, -0.15) is 11.8 Å². The Labute approximate surface area is 89.1 Å². The van der Waals surface area contributed by atoms with Gasteiger partial charge in [0.15, 0.2) is 0 Å². The van der Waals surface area contributed by atoms with E-state index in [2.05, 4.69) is 5.32 Å². The van der Waals surface area contributed by atoms with E-state index in [9.17, 15) is 4.79 Å². The summed E-state index contributed by atoms with van der Waals surface area (Å²) in [7, 11) is 1.65. The van der Waals surface area contributed by atoms with Gasteiger partial charge in [-0.05, 0) is 7.05 Å². The molecule has 0 heterocycles. The Morgan fingerprint density at radius 2 is 2.23 bits per heavy atom. The number of carbonyl (C=O) groups is 1. The van der Waals surface area contributed by atoms with Crippen LogP contribution in [0.2, 0.25) is 0 Å². The van der Waals surface area contributed by atoms with E-state index in [1.165, 1.54) is 0 Å². The molecule has 13 heavy (non-hydrogen) atoms. The molecule has 4 N–H and O–H groups in total. The summed E-state index contributed by atoms with van der Waals surface area (Å²) in [5.41, 5.74) is 5.39. The summed E-state index contributed by atoms with van der Waals surface area (Å²) >= 11 is 1.57. The molecule has 80 valence electrons. The monoisotopic (exact) mass is 228 g/mol. The van der Waals surface area contributed by atoms with Gasteiger partial charge in [0, 0.05) is 17.5 Å². The van der Waals surface area contributed by atoms with Crippen molar-refractivity contribution in [2.75, 3.05) is 19.3 Å². The number of carboxylic acids is 1. The summed E-state index contributed by atoms with van der Waals surface area (Å²) in [6.45, 7) is 2.57. The molecule has 0 aliphatic rings. The van der Waals surface area contributed by atoms with Crippen LogP contribution in [0.3, 0.4) is 0 Å². The predicted molar refractivity (Wildman–Crippen MR) is 58.7 cm³/mol. The van der Waals surface area contributed by atoms with Crippen molar-refractivity contribution in [2.45, 2.75) is 18.2 Å². The van der Waals surface area contributed by atoms with E-state index < -0.39 is 12.0 Å². The van der Waals surface area contributed by atoms with E-state index >= 15 is 0 Å². The van der Waals surface area contributed by atoms with Gasteiger partial charge in [0.05, 0.1) is 0 Å². The van der Waals surface area contributed by atoms with Crippen LogP contribution in [0.1, 0.15) is 6.92 Å². The molecule has 0 unspecified atom stereocenters.